The maximum Gasteiger partial charge on any atom is 0.129 e. The lowest BCUT2D eigenvalue weighted by atomic mass is 10.2. The van der Waals surface area contributed by atoms with E-state index in [-0.39, 0.29) is 6.10 Å². The topological polar surface area (TPSA) is 55.1 Å². The number of morpholine rings is 1. The molecule has 2 heterocycles. The van der Waals surface area contributed by atoms with Crippen molar-refractivity contribution < 1.29 is 19.0 Å². The van der Waals surface area contributed by atoms with Crippen LogP contribution in [-0.2, 0) is 16.1 Å². The lowest BCUT2D eigenvalue weighted by Gasteiger charge is -2.32. The number of hydrogen-bond donors (Lipinski definition) is 1. The summed E-state index contributed by atoms with van der Waals surface area (Å²) in [4.78, 5) is 2.20. The number of furan rings is 1. The van der Waals surface area contributed by atoms with Crippen molar-refractivity contribution >= 4 is 0 Å². The van der Waals surface area contributed by atoms with E-state index in [2.05, 4.69) is 4.90 Å². The molecule has 1 aliphatic rings. The lowest BCUT2D eigenvalue weighted by molar-refractivity contribution is -0.0465. The summed E-state index contributed by atoms with van der Waals surface area (Å²) in [5, 5.41) is 9.88. The monoisotopic (exact) mass is 255 g/mol. The van der Waals surface area contributed by atoms with Crippen LogP contribution in [0, 0.1) is 0 Å². The zero-order chi connectivity index (χ0) is 12.8. The molecule has 0 bridgehead atoms. The van der Waals surface area contributed by atoms with E-state index in [9.17, 15) is 5.11 Å². The molecule has 1 N–H and O–H groups in total. The molecule has 0 saturated carbocycles. The van der Waals surface area contributed by atoms with Gasteiger partial charge in [-0.05, 0) is 19.1 Å². The van der Waals surface area contributed by atoms with Gasteiger partial charge in [0, 0.05) is 19.6 Å². The molecule has 0 aromatic carbocycles. The minimum absolute atomic E-state index is 0.245. The van der Waals surface area contributed by atoms with E-state index < -0.39 is 6.10 Å². The van der Waals surface area contributed by atoms with Gasteiger partial charge in [0.15, 0.2) is 0 Å². The van der Waals surface area contributed by atoms with Gasteiger partial charge in [-0.3, -0.25) is 4.90 Å². The summed E-state index contributed by atoms with van der Waals surface area (Å²) < 4.78 is 16.0. The molecule has 1 aromatic heterocycles. The van der Waals surface area contributed by atoms with E-state index in [1.165, 1.54) is 0 Å². The molecule has 5 nitrogen and oxygen atoms in total. The third-order valence-corrected chi connectivity index (χ3v) is 2.93. The molecule has 18 heavy (non-hydrogen) atoms. The number of nitrogens with zero attached hydrogens (tertiary/aromatic N) is 1. The second kappa shape index (κ2) is 6.89. The third-order valence-electron chi connectivity index (χ3n) is 2.93. The van der Waals surface area contributed by atoms with E-state index in [1.807, 2.05) is 19.1 Å². The van der Waals surface area contributed by atoms with Crippen LogP contribution in [0.15, 0.2) is 22.8 Å². The van der Waals surface area contributed by atoms with E-state index in [0.717, 1.165) is 25.5 Å². The molecule has 1 aliphatic heterocycles. The lowest BCUT2D eigenvalue weighted by Crippen LogP contribution is -2.45. The molecule has 0 spiro atoms. The van der Waals surface area contributed by atoms with E-state index in [4.69, 9.17) is 13.9 Å². The first-order chi connectivity index (χ1) is 8.74. The molecule has 2 unspecified atom stereocenters. The summed E-state index contributed by atoms with van der Waals surface area (Å²) in [6, 6.07) is 3.68. The Bertz CT molecular complexity index is 328. The largest absolute Gasteiger partial charge is 0.467 e. The summed E-state index contributed by atoms with van der Waals surface area (Å²) in [7, 11) is 0. The van der Waals surface area contributed by atoms with Crippen LogP contribution in [0.25, 0.3) is 0 Å². The van der Waals surface area contributed by atoms with Gasteiger partial charge >= 0.3 is 0 Å². The van der Waals surface area contributed by atoms with Gasteiger partial charge in [-0.15, -0.1) is 0 Å². The Labute approximate surface area is 107 Å². The maximum atomic E-state index is 9.88. The van der Waals surface area contributed by atoms with E-state index in [1.54, 1.807) is 6.26 Å². The molecule has 0 aliphatic carbocycles. The molecule has 5 heteroatoms. The van der Waals surface area contributed by atoms with Gasteiger partial charge in [0.25, 0.3) is 0 Å². The highest BCUT2D eigenvalue weighted by atomic mass is 16.5. The number of aliphatic hydroxyl groups is 1. The molecular formula is C13H21NO4. The van der Waals surface area contributed by atoms with E-state index in [0.29, 0.717) is 19.8 Å². The van der Waals surface area contributed by atoms with Crippen molar-refractivity contribution in [2.24, 2.45) is 0 Å². The highest BCUT2D eigenvalue weighted by Crippen LogP contribution is 2.06. The zero-order valence-electron chi connectivity index (χ0n) is 10.7. The highest BCUT2D eigenvalue weighted by Gasteiger charge is 2.19. The minimum Gasteiger partial charge on any atom is -0.467 e. The van der Waals surface area contributed by atoms with Crippen LogP contribution in [0.4, 0.5) is 0 Å². The van der Waals surface area contributed by atoms with E-state index >= 15 is 0 Å². The third kappa shape index (κ3) is 4.42. The van der Waals surface area contributed by atoms with Crippen LogP contribution >= 0.6 is 0 Å². The Balaban J connectivity index is 1.61. The Morgan fingerprint density at radius 2 is 2.50 bits per heavy atom. The van der Waals surface area contributed by atoms with Gasteiger partial charge in [-0.25, -0.2) is 0 Å². The Morgan fingerprint density at radius 3 is 3.22 bits per heavy atom. The second-order valence-electron chi connectivity index (χ2n) is 4.69. The first kappa shape index (κ1) is 13.5. The van der Waals surface area contributed by atoms with Crippen molar-refractivity contribution in [1.29, 1.82) is 0 Å². The normalized spacial score (nSPS) is 23.1. The SMILES string of the molecule is CC1CN(CC(O)COCc2ccco2)CCO1. The minimum atomic E-state index is -0.467. The standard InChI is InChI=1S/C13H21NO4/c1-11-7-14(4-6-17-11)8-12(15)9-16-10-13-3-2-5-18-13/h2-3,5,11-12,15H,4,6-10H2,1H3. The van der Waals surface area contributed by atoms with Crippen LogP contribution in [0.5, 0.6) is 0 Å². The average molecular weight is 255 g/mol. The first-order valence-corrected chi connectivity index (χ1v) is 6.36. The quantitative estimate of drug-likeness (QED) is 0.817. The summed E-state index contributed by atoms with van der Waals surface area (Å²) in [5.74, 6) is 0.780. The van der Waals surface area contributed by atoms with Gasteiger partial charge in [0.2, 0.25) is 0 Å². The van der Waals surface area contributed by atoms with Crippen molar-refractivity contribution in [3.05, 3.63) is 24.2 Å². The summed E-state index contributed by atoms with van der Waals surface area (Å²) >= 11 is 0. The molecule has 1 aromatic rings. The number of hydrogen-bond acceptors (Lipinski definition) is 5. The Morgan fingerprint density at radius 1 is 1.61 bits per heavy atom. The van der Waals surface area contributed by atoms with Crippen molar-refractivity contribution in [2.45, 2.75) is 25.7 Å². The summed E-state index contributed by atoms with van der Waals surface area (Å²) in [6.07, 6.45) is 1.39. The van der Waals surface area contributed by atoms with Gasteiger partial charge in [0.1, 0.15) is 12.4 Å². The Kier molecular flexibility index (Phi) is 5.19. The van der Waals surface area contributed by atoms with Crippen LogP contribution < -0.4 is 0 Å². The van der Waals surface area contributed by atoms with Crippen LogP contribution in [-0.4, -0.2) is 55.1 Å². The van der Waals surface area contributed by atoms with Gasteiger partial charge < -0.3 is 19.0 Å². The molecule has 2 rings (SSSR count). The molecule has 102 valence electrons. The van der Waals surface area contributed by atoms with Crippen molar-refractivity contribution in [3.63, 3.8) is 0 Å². The molecule has 2 atom stereocenters. The fourth-order valence-electron chi connectivity index (χ4n) is 2.10. The Hall–Kier alpha value is -0.880. The number of aliphatic hydroxyl groups excluding tert-OH is 1. The van der Waals surface area contributed by atoms with Crippen LogP contribution in [0.2, 0.25) is 0 Å². The predicted octanol–water partition coefficient (Wildman–Crippen LogP) is 0.878. The van der Waals surface area contributed by atoms with Crippen molar-refractivity contribution in [1.82, 2.24) is 4.90 Å². The molecule has 1 fully saturated rings. The number of β-amino-alcohol motifs (C(OH)–C–C–N with tert-alkyl or cyclic N) is 1. The maximum absolute atomic E-state index is 9.88. The number of rotatable bonds is 6. The van der Waals surface area contributed by atoms with Crippen molar-refractivity contribution in [2.75, 3.05) is 32.8 Å². The van der Waals surface area contributed by atoms with Crippen molar-refractivity contribution in [3.8, 4) is 0 Å². The first-order valence-electron chi connectivity index (χ1n) is 6.36. The molecule has 1 saturated heterocycles. The number of ether oxygens (including phenoxy) is 2. The second-order valence-corrected chi connectivity index (χ2v) is 4.69. The summed E-state index contributed by atoms with van der Waals surface area (Å²) in [6.45, 7) is 5.89. The van der Waals surface area contributed by atoms with Gasteiger partial charge in [-0.1, -0.05) is 0 Å². The fourth-order valence-corrected chi connectivity index (χ4v) is 2.10. The highest BCUT2D eigenvalue weighted by molar-refractivity contribution is 4.96. The molecule has 0 radical (unpaired) electrons. The van der Waals surface area contributed by atoms with Gasteiger partial charge in [0.05, 0.1) is 31.7 Å². The smallest absolute Gasteiger partial charge is 0.129 e. The molecule has 0 amide bonds. The fraction of sp³-hybridized carbons (Fsp3) is 0.692. The molecular weight excluding hydrogens is 234 g/mol. The van der Waals surface area contributed by atoms with Crippen LogP contribution in [0.1, 0.15) is 12.7 Å². The van der Waals surface area contributed by atoms with Gasteiger partial charge in [-0.2, -0.15) is 0 Å². The predicted molar refractivity (Wildman–Crippen MR) is 66.2 cm³/mol. The zero-order valence-corrected chi connectivity index (χ0v) is 10.7. The summed E-state index contributed by atoms with van der Waals surface area (Å²) in [5.41, 5.74) is 0. The van der Waals surface area contributed by atoms with Crippen LogP contribution in [0.3, 0.4) is 0 Å². The average Bonchev–Trinajstić information content (AvgIpc) is 2.82.